The summed E-state index contributed by atoms with van der Waals surface area (Å²) < 4.78 is 4.45. The van der Waals surface area contributed by atoms with E-state index >= 15 is 0 Å². The third kappa shape index (κ3) is 4.14. The summed E-state index contributed by atoms with van der Waals surface area (Å²) in [6.45, 7) is 11.9. The number of rotatable bonds is 8. The number of halogens is 1. The summed E-state index contributed by atoms with van der Waals surface area (Å²) >= 11 is 12.2. The Morgan fingerprint density at radius 1 is 1.14 bits per heavy atom. The van der Waals surface area contributed by atoms with E-state index in [9.17, 15) is 0 Å². The van der Waals surface area contributed by atoms with E-state index < -0.39 is 0 Å². The van der Waals surface area contributed by atoms with Crippen molar-refractivity contribution in [3.63, 3.8) is 0 Å². The zero-order chi connectivity index (χ0) is 20.1. The average Bonchev–Trinajstić information content (AvgIpc) is 3.01. The van der Waals surface area contributed by atoms with Gasteiger partial charge in [-0.1, -0.05) is 30.8 Å². The zero-order valence-electron chi connectivity index (χ0n) is 15.8. The Balaban J connectivity index is 2.18. The number of quaternary nitrogens is 1. The van der Waals surface area contributed by atoms with Gasteiger partial charge in [-0.25, -0.2) is 0 Å². The molecule has 2 aromatic heterocycles. The van der Waals surface area contributed by atoms with Gasteiger partial charge in [0, 0.05) is 23.0 Å². The van der Waals surface area contributed by atoms with Gasteiger partial charge in [0.15, 0.2) is 12.5 Å². The van der Waals surface area contributed by atoms with E-state index in [1.165, 1.54) is 4.90 Å². The van der Waals surface area contributed by atoms with E-state index in [4.69, 9.17) is 28.9 Å². The lowest BCUT2D eigenvalue weighted by atomic mass is 10.2. The number of hydrogen-bond donors (Lipinski definition) is 1. The molecule has 5 nitrogen and oxygen atoms in total. The summed E-state index contributed by atoms with van der Waals surface area (Å²) in [5.74, 6) is 0.759. The molecule has 1 N–H and O–H groups in total. The summed E-state index contributed by atoms with van der Waals surface area (Å²) in [4.78, 5) is 5.36. The van der Waals surface area contributed by atoms with E-state index in [1.807, 2.05) is 58.7 Å². The van der Waals surface area contributed by atoms with Gasteiger partial charge in [0.1, 0.15) is 0 Å². The number of aromatic nitrogens is 4. The lowest BCUT2D eigenvalue weighted by Gasteiger charge is -2.15. The first-order valence-electron chi connectivity index (χ1n) is 8.98. The molecule has 0 fully saturated rings. The second-order valence-electron chi connectivity index (χ2n) is 6.45. The standard InChI is InChI=1S/C21H22ClN5S/c1-4-13-25(14-5-2)15-26-21(28)27(19-8-6-7-18(22)16(19)3)20(24-26)17-9-11-23-12-10-17/h4-12H,1-2,13-15H2,3H3/p+1. The fraction of sp³-hybridized carbons (Fsp3) is 0.190. The van der Waals surface area contributed by atoms with Crippen molar-refractivity contribution in [2.75, 3.05) is 13.1 Å². The van der Waals surface area contributed by atoms with Crippen LogP contribution in [-0.4, -0.2) is 32.4 Å². The van der Waals surface area contributed by atoms with Crippen LogP contribution in [0.15, 0.2) is 68.0 Å². The van der Waals surface area contributed by atoms with E-state index in [2.05, 4.69) is 18.1 Å². The average molecular weight is 413 g/mol. The quantitative estimate of drug-likeness (QED) is 0.453. The molecular weight excluding hydrogens is 390 g/mol. The van der Waals surface area contributed by atoms with E-state index in [1.54, 1.807) is 12.4 Å². The van der Waals surface area contributed by atoms with Gasteiger partial charge in [-0.05, 0) is 61.1 Å². The molecule has 0 aliphatic rings. The molecule has 0 aliphatic carbocycles. The van der Waals surface area contributed by atoms with Crippen molar-refractivity contribution in [3.05, 3.63) is 83.4 Å². The molecule has 0 radical (unpaired) electrons. The van der Waals surface area contributed by atoms with Gasteiger partial charge in [-0.3, -0.25) is 9.55 Å². The minimum Gasteiger partial charge on any atom is -0.310 e. The monoisotopic (exact) mass is 412 g/mol. The van der Waals surface area contributed by atoms with Gasteiger partial charge in [0.25, 0.3) is 0 Å². The molecule has 0 saturated heterocycles. The topological polar surface area (TPSA) is 40.1 Å². The van der Waals surface area contributed by atoms with E-state index in [0.29, 0.717) is 16.5 Å². The lowest BCUT2D eigenvalue weighted by Crippen LogP contribution is -3.11. The van der Waals surface area contributed by atoms with Gasteiger partial charge in [-0.15, -0.1) is 5.10 Å². The number of nitrogens with one attached hydrogen (secondary N) is 1. The molecule has 1 aromatic carbocycles. The second kappa shape index (κ2) is 9.10. The maximum Gasteiger partial charge on any atom is 0.207 e. The van der Waals surface area contributed by atoms with Gasteiger partial charge < -0.3 is 4.90 Å². The van der Waals surface area contributed by atoms with Gasteiger partial charge in [0.05, 0.1) is 18.8 Å². The third-order valence-corrected chi connectivity index (χ3v) is 5.30. The first kappa shape index (κ1) is 20.2. The van der Waals surface area contributed by atoms with E-state index in [0.717, 1.165) is 35.7 Å². The molecule has 2 heterocycles. The van der Waals surface area contributed by atoms with Crippen LogP contribution in [0.1, 0.15) is 5.56 Å². The van der Waals surface area contributed by atoms with Crippen molar-refractivity contribution in [1.82, 2.24) is 19.3 Å². The smallest absolute Gasteiger partial charge is 0.207 e. The predicted octanol–water partition coefficient (Wildman–Crippen LogP) is 3.64. The largest absolute Gasteiger partial charge is 0.310 e. The molecule has 0 atom stereocenters. The SMILES string of the molecule is C=CC[NH+](CC=C)Cn1nc(-c2ccncc2)n(-c2cccc(Cl)c2C)c1=S. The maximum atomic E-state index is 6.38. The molecule has 0 unspecified atom stereocenters. The van der Waals surface area contributed by atoms with Crippen LogP contribution in [0.25, 0.3) is 17.1 Å². The number of hydrogen-bond acceptors (Lipinski definition) is 3. The number of benzene rings is 1. The zero-order valence-corrected chi connectivity index (χ0v) is 17.4. The van der Waals surface area contributed by atoms with Crippen LogP contribution in [0.2, 0.25) is 5.02 Å². The molecule has 3 rings (SSSR count). The highest BCUT2D eigenvalue weighted by Crippen LogP contribution is 2.27. The molecule has 0 spiro atoms. The van der Waals surface area contributed by atoms with Gasteiger partial charge in [-0.2, -0.15) is 4.68 Å². The predicted molar refractivity (Wildman–Crippen MR) is 116 cm³/mol. The summed E-state index contributed by atoms with van der Waals surface area (Å²) in [6.07, 6.45) is 7.29. The Morgan fingerprint density at radius 3 is 2.46 bits per heavy atom. The Kier molecular flexibility index (Phi) is 6.57. The van der Waals surface area contributed by atoms with Crippen molar-refractivity contribution < 1.29 is 4.90 Å². The Morgan fingerprint density at radius 2 is 1.82 bits per heavy atom. The number of pyridine rings is 1. The van der Waals surface area contributed by atoms with E-state index in [-0.39, 0.29) is 0 Å². The molecule has 28 heavy (non-hydrogen) atoms. The molecule has 0 saturated carbocycles. The molecule has 7 heteroatoms. The summed E-state index contributed by atoms with van der Waals surface area (Å²) in [5.41, 5.74) is 2.81. The molecular formula is C21H23ClN5S+. The highest BCUT2D eigenvalue weighted by molar-refractivity contribution is 7.71. The molecule has 144 valence electrons. The maximum absolute atomic E-state index is 6.38. The van der Waals surface area contributed by atoms with Crippen LogP contribution < -0.4 is 4.90 Å². The Labute approximate surface area is 175 Å². The highest BCUT2D eigenvalue weighted by Gasteiger charge is 2.18. The fourth-order valence-corrected chi connectivity index (χ4v) is 3.55. The first-order valence-corrected chi connectivity index (χ1v) is 9.76. The van der Waals surface area contributed by atoms with Crippen molar-refractivity contribution in [1.29, 1.82) is 0 Å². The normalized spacial score (nSPS) is 11.0. The van der Waals surface area contributed by atoms with Crippen LogP contribution in [-0.2, 0) is 6.67 Å². The first-order chi connectivity index (χ1) is 13.6. The van der Waals surface area contributed by atoms with Gasteiger partial charge in [0.2, 0.25) is 4.77 Å². The molecule has 3 aromatic rings. The van der Waals surface area contributed by atoms with Crippen LogP contribution in [0, 0.1) is 11.7 Å². The fourth-order valence-electron chi connectivity index (χ4n) is 3.09. The molecule has 0 amide bonds. The van der Waals surface area contributed by atoms with Crippen LogP contribution in [0.4, 0.5) is 0 Å². The minimum absolute atomic E-state index is 0.613. The molecule has 0 bridgehead atoms. The number of nitrogens with zero attached hydrogens (tertiary/aromatic N) is 4. The van der Waals surface area contributed by atoms with Crippen molar-refractivity contribution >= 4 is 23.8 Å². The van der Waals surface area contributed by atoms with Crippen molar-refractivity contribution in [3.8, 4) is 17.1 Å². The Hall–Kier alpha value is -2.54. The van der Waals surface area contributed by atoms with Crippen LogP contribution in [0.5, 0.6) is 0 Å². The Bertz CT molecular complexity index is 1030. The summed E-state index contributed by atoms with van der Waals surface area (Å²) in [5, 5.41) is 5.54. The molecule has 0 aliphatic heterocycles. The van der Waals surface area contributed by atoms with Crippen molar-refractivity contribution in [2.24, 2.45) is 0 Å². The third-order valence-electron chi connectivity index (χ3n) is 4.50. The van der Waals surface area contributed by atoms with Gasteiger partial charge >= 0.3 is 0 Å². The van der Waals surface area contributed by atoms with Crippen LogP contribution >= 0.6 is 23.8 Å². The summed E-state index contributed by atoms with van der Waals surface area (Å²) in [6, 6.07) is 9.66. The highest BCUT2D eigenvalue weighted by atomic mass is 35.5. The summed E-state index contributed by atoms with van der Waals surface area (Å²) in [7, 11) is 0. The lowest BCUT2D eigenvalue weighted by molar-refractivity contribution is -0.912. The second-order valence-corrected chi connectivity index (χ2v) is 7.23. The van der Waals surface area contributed by atoms with Crippen LogP contribution in [0.3, 0.4) is 0 Å². The van der Waals surface area contributed by atoms with Crippen molar-refractivity contribution in [2.45, 2.75) is 13.6 Å². The minimum atomic E-state index is 0.613.